The summed E-state index contributed by atoms with van der Waals surface area (Å²) >= 11 is 0. The fraction of sp³-hybridized carbons (Fsp3) is 0.143. The lowest BCUT2D eigenvalue weighted by Crippen LogP contribution is -2.27. The second kappa shape index (κ2) is 9.66. The molecule has 200 valence electrons. The van der Waals surface area contributed by atoms with Crippen molar-refractivity contribution < 1.29 is 14.3 Å². The third-order valence-electron chi connectivity index (χ3n) is 5.91. The first kappa shape index (κ1) is 24.8. The fourth-order valence-corrected chi connectivity index (χ4v) is 4.12. The van der Waals surface area contributed by atoms with E-state index in [0.29, 0.717) is 23.0 Å². The number of amides is 1. The molecule has 4 heterocycles. The molecule has 6 aromatic rings. The maximum Gasteiger partial charge on any atom is 0.435 e. The van der Waals surface area contributed by atoms with Crippen LogP contribution in [-0.2, 0) is 4.74 Å². The highest BCUT2D eigenvalue weighted by Gasteiger charge is 2.19. The molecule has 12 heteroatoms. The molecule has 0 fully saturated rings. The number of anilines is 3. The molecule has 0 aliphatic carbocycles. The zero-order valence-electron chi connectivity index (χ0n) is 21.9. The summed E-state index contributed by atoms with van der Waals surface area (Å²) in [5, 5.41) is 18.9. The van der Waals surface area contributed by atoms with E-state index in [1.165, 1.54) is 12.4 Å². The maximum absolute atomic E-state index is 12.9. The van der Waals surface area contributed by atoms with E-state index in [2.05, 4.69) is 40.9 Å². The average Bonchev–Trinajstić information content (AvgIpc) is 3.66. The van der Waals surface area contributed by atoms with Crippen LogP contribution in [0, 0.1) is 0 Å². The molecule has 0 aliphatic rings. The molecule has 12 nitrogen and oxygen atoms in total. The van der Waals surface area contributed by atoms with Crippen molar-refractivity contribution in [3.63, 3.8) is 0 Å². The number of rotatable bonds is 5. The van der Waals surface area contributed by atoms with Crippen LogP contribution >= 0.6 is 0 Å². The highest BCUT2D eigenvalue weighted by molar-refractivity contribution is 6.06. The van der Waals surface area contributed by atoms with E-state index in [1.807, 2.05) is 36.4 Å². The van der Waals surface area contributed by atoms with Gasteiger partial charge < -0.3 is 20.4 Å². The van der Waals surface area contributed by atoms with Gasteiger partial charge >= 0.3 is 6.09 Å². The Balaban J connectivity index is 1.18. The molecule has 4 aromatic heterocycles. The molecule has 40 heavy (non-hydrogen) atoms. The molecular formula is C28H25N9O3. The number of carbonyl (C=O) groups excluding carboxylic acids is 2. The zero-order valence-corrected chi connectivity index (χ0v) is 21.9. The van der Waals surface area contributed by atoms with Crippen LogP contribution in [0.15, 0.2) is 73.3 Å². The monoisotopic (exact) mass is 535 g/mol. The van der Waals surface area contributed by atoms with Gasteiger partial charge in [0, 0.05) is 33.7 Å². The fourth-order valence-electron chi connectivity index (χ4n) is 4.12. The number of nitrogens with one attached hydrogen (secondary N) is 4. The van der Waals surface area contributed by atoms with E-state index in [9.17, 15) is 9.59 Å². The van der Waals surface area contributed by atoms with E-state index in [0.717, 1.165) is 37.7 Å². The number of nitrogens with zero attached hydrogens (tertiary/aromatic N) is 5. The van der Waals surface area contributed by atoms with E-state index in [4.69, 9.17) is 4.74 Å². The number of benzene rings is 2. The van der Waals surface area contributed by atoms with Gasteiger partial charge in [0.1, 0.15) is 17.1 Å². The van der Waals surface area contributed by atoms with Crippen molar-refractivity contribution in [1.29, 1.82) is 0 Å². The number of hydrogen-bond donors (Lipinski definition) is 4. The van der Waals surface area contributed by atoms with E-state index in [1.54, 1.807) is 45.3 Å². The van der Waals surface area contributed by atoms with Crippen LogP contribution in [0.2, 0.25) is 0 Å². The quantitative estimate of drug-likeness (QED) is 0.226. The van der Waals surface area contributed by atoms with Crippen molar-refractivity contribution in [1.82, 2.24) is 34.9 Å². The van der Waals surface area contributed by atoms with E-state index in [-0.39, 0.29) is 5.91 Å². The summed E-state index contributed by atoms with van der Waals surface area (Å²) in [6, 6.07) is 15.1. The van der Waals surface area contributed by atoms with Crippen LogP contribution in [0.5, 0.6) is 0 Å². The van der Waals surface area contributed by atoms with E-state index >= 15 is 0 Å². The van der Waals surface area contributed by atoms with Crippen molar-refractivity contribution in [3.8, 4) is 11.4 Å². The Morgan fingerprint density at radius 2 is 1.82 bits per heavy atom. The molecular weight excluding hydrogens is 510 g/mol. The first-order chi connectivity index (χ1) is 19.2. The van der Waals surface area contributed by atoms with Gasteiger partial charge in [0.25, 0.3) is 5.91 Å². The number of ether oxygens (including phenoxy) is 1. The van der Waals surface area contributed by atoms with Gasteiger partial charge in [-0.05, 0) is 57.2 Å². The largest absolute Gasteiger partial charge is 0.442 e. The first-order valence-electron chi connectivity index (χ1n) is 12.5. The molecule has 0 unspecified atom stereocenters. The number of aromatic amines is 2. The first-order valence-corrected chi connectivity index (χ1v) is 12.5. The number of fused-ring (bicyclic) bond motifs is 2. The highest BCUT2D eigenvalue weighted by Crippen LogP contribution is 2.25. The third kappa shape index (κ3) is 5.23. The highest BCUT2D eigenvalue weighted by atomic mass is 16.6. The second-order valence-corrected chi connectivity index (χ2v) is 10.2. The minimum atomic E-state index is -0.659. The molecule has 6 rings (SSSR count). The van der Waals surface area contributed by atoms with Crippen LogP contribution in [0.4, 0.5) is 22.0 Å². The van der Waals surface area contributed by atoms with Crippen LogP contribution in [0.25, 0.3) is 33.2 Å². The Labute approximate surface area is 227 Å². The summed E-state index contributed by atoms with van der Waals surface area (Å²) in [6.45, 7) is 5.30. The Kier molecular flexibility index (Phi) is 5.99. The molecule has 0 saturated heterocycles. The Bertz CT molecular complexity index is 1880. The summed E-state index contributed by atoms with van der Waals surface area (Å²) in [4.78, 5) is 37.3. The predicted octanol–water partition coefficient (Wildman–Crippen LogP) is 5.48. The van der Waals surface area contributed by atoms with Gasteiger partial charge in [-0.3, -0.25) is 9.89 Å². The number of H-pyrrole nitrogens is 2. The van der Waals surface area contributed by atoms with Gasteiger partial charge in [0.05, 0.1) is 29.8 Å². The Hall–Kier alpha value is -5.52. The van der Waals surface area contributed by atoms with Gasteiger partial charge in [0.2, 0.25) is 0 Å². The lowest BCUT2D eigenvalue weighted by molar-refractivity contribution is 0.0514. The summed E-state index contributed by atoms with van der Waals surface area (Å²) in [5.74, 6) is 0.802. The standard InChI is InChI=1S/C28H25N9O3/c1-28(2,3)40-27(39)37-15-20(14-31-37)33-26(38)23-11-16-4-5-17(12-22(16)34-23)25-29-9-8-24(35-25)32-19-6-7-21-18(10-19)13-30-36-21/h4-15,34H,1-3H3,(H,30,36)(H,33,38)(H,29,32,35). The molecule has 2 aromatic carbocycles. The van der Waals surface area contributed by atoms with Crippen molar-refractivity contribution in [3.05, 3.63) is 79.0 Å². The summed E-state index contributed by atoms with van der Waals surface area (Å²) in [5.41, 5.74) is 3.42. The second-order valence-electron chi connectivity index (χ2n) is 10.2. The summed E-state index contributed by atoms with van der Waals surface area (Å²) < 4.78 is 6.33. The van der Waals surface area contributed by atoms with Gasteiger partial charge in [-0.25, -0.2) is 14.8 Å². The van der Waals surface area contributed by atoms with Gasteiger partial charge in [-0.15, -0.1) is 0 Å². The summed E-state index contributed by atoms with van der Waals surface area (Å²) in [7, 11) is 0. The van der Waals surface area contributed by atoms with Gasteiger partial charge in [-0.1, -0.05) is 12.1 Å². The minimum Gasteiger partial charge on any atom is -0.442 e. The van der Waals surface area contributed by atoms with Crippen LogP contribution in [-0.4, -0.2) is 52.5 Å². The molecule has 0 aliphatic heterocycles. The van der Waals surface area contributed by atoms with E-state index < -0.39 is 11.7 Å². The van der Waals surface area contributed by atoms with Crippen LogP contribution in [0.3, 0.4) is 0 Å². The van der Waals surface area contributed by atoms with Crippen molar-refractivity contribution in [2.75, 3.05) is 10.6 Å². The smallest absolute Gasteiger partial charge is 0.435 e. The topological polar surface area (TPSA) is 156 Å². The molecule has 0 radical (unpaired) electrons. The number of carbonyl (C=O) groups is 2. The van der Waals surface area contributed by atoms with Gasteiger partial charge in [-0.2, -0.15) is 14.9 Å². The predicted molar refractivity (Wildman–Crippen MR) is 151 cm³/mol. The number of aromatic nitrogens is 7. The molecule has 0 atom stereocenters. The molecule has 0 spiro atoms. The Morgan fingerprint density at radius 3 is 2.67 bits per heavy atom. The van der Waals surface area contributed by atoms with Crippen molar-refractivity contribution >= 4 is 51.0 Å². The van der Waals surface area contributed by atoms with Crippen molar-refractivity contribution in [2.24, 2.45) is 0 Å². The molecule has 0 saturated carbocycles. The normalized spacial score (nSPS) is 11.6. The molecule has 4 N–H and O–H groups in total. The third-order valence-corrected chi connectivity index (χ3v) is 5.91. The SMILES string of the molecule is CC(C)(C)OC(=O)n1cc(NC(=O)c2cc3ccc(-c4nccc(Nc5ccc6[nH]ncc6c5)n4)cc3[nH]2)cn1. The lowest BCUT2D eigenvalue weighted by atomic mass is 10.1. The number of hydrogen-bond acceptors (Lipinski definition) is 8. The Morgan fingerprint density at radius 1 is 0.950 bits per heavy atom. The van der Waals surface area contributed by atoms with Crippen LogP contribution in [0.1, 0.15) is 31.3 Å². The molecule has 0 bridgehead atoms. The average molecular weight is 536 g/mol. The minimum absolute atomic E-state index is 0.350. The zero-order chi connectivity index (χ0) is 27.9. The van der Waals surface area contributed by atoms with Crippen LogP contribution < -0.4 is 10.6 Å². The van der Waals surface area contributed by atoms with Gasteiger partial charge in [0.15, 0.2) is 5.82 Å². The molecule has 1 amide bonds. The summed E-state index contributed by atoms with van der Waals surface area (Å²) in [6.07, 6.45) is 5.61. The maximum atomic E-state index is 12.9. The lowest BCUT2D eigenvalue weighted by Gasteiger charge is -2.18. The van der Waals surface area contributed by atoms with Crippen molar-refractivity contribution in [2.45, 2.75) is 26.4 Å².